The number of ether oxygens (including phenoxy) is 1. The van der Waals surface area contributed by atoms with E-state index in [0.717, 1.165) is 5.56 Å². The minimum Gasteiger partial charge on any atom is -0.497 e. The van der Waals surface area contributed by atoms with E-state index in [0.29, 0.717) is 33.0 Å². The maximum absolute atomic E-state index is 13.5. The van der Waals surface area contributed by atoms with Gasteiger partial charge in [0.25, 0.3) is 0 Å². The molecule has 1 heterocycles. The van der Waals surface area contributed by atoms with E-state index < -0.39 is 9.84 Å². The Balaban J connectivity index is 1.95. The summed E-state index contributed by atoms with van der Waals surface area (Å²) in [5.41, 5.74) is 2.86. The number of benzene rings is 3. The third-order valence-electron chi connectivity index (χ3n) is 4.74. The molecule has 0 fully saturated rings. The van der Waals surface area contributed by atoms with E-state index in [4.69, 9.17) is 16.3 Å². The van der Waals surface area contributed by atoms with E-state index in [9.17, 15) is 8.42 Å². The van der Waals surface area contributed by atoms with Gasteiger partial charge in [-0.25, -0.2) is 8.42 Å². The van der Waals surface area contributed by atoms with Crippen molar-refractivity contribution in [1.29, 1.82) is 0 Å². The van der Waals surface area contributed by atoms with Crippen LogP contribution >= 0.6 is 11.6 Å². The van der Waals surface area contributed by atoms with Gasteiger partial charge in [0.15, 0.2) is 0 Å². The number of fused-ring (bicyclic) bond motifs is 1. The van der Waals surface area contributed by atoms with Crippen LogP contribution in [0.1, 0.15) is 5.56 Å². The molecule has 0 aliphatic heterocycles. The van der Waals surface area contributed by atoms with Crippen molar-refractivity contribution in [1.82, 2.24) is 4.98 Å². The van der Waals surface area contributed by atoms with Crippen molar-refractivity contribution < 1.29 is 13.2 Å². The molecule has 0 aliphatic carbocycles. The summed E-state index contributed by atoms with van der Waals surface area (Å²) in [6.45, 7) is 1.95. The molecule has 0 unspecified atom stereocenters. The Kier molecular flexibility index (Phi) is 5.37. The van der Waals surface area contributed by atoms with Crippen LogP contribution in [-0.2, 0) is 9.84 Å². The van der Waals surface area contributed by atoms with Crippen LogP contribution in [-0.4, -0.2) is 20.5 Å². The highest BCUT2D eigenvalue weighted by Crippen LogP contribution is 2.36. The number of sulfone groups is 1. The van der Waals surface area contributed by atoms with Crippen molar-refractivity contribution in [2.24, 2.45) is 0 Å². The van der Waals surface area contributed by atoms with Crippen molar-refractivity contribution in [2.75, 3.05) is 12.4 Å². The summed E-state index contributed by atoms with van der Waals surface area (Å²) in [6.07, 6.45) is 1.39. The second-order valence-corrected chi connectivity index (χ2v) is 9.19. The fourth-order valence-electron chi connectivity index (χ4n) is 3.21. The van der Waals surface area contributed by atoms with Crippen LogP contribution in [0.5, 0.6) is 5.75 Å². The first-order valence-corrected chi connectivity index (χ1v) is 11.1. The van der Waals surface area contributed by atoms with Gasteiger partial charge >= 0.3 is 0 Å². The third-order valence-corrected chi connectivity index (χ3v) is 6.77. The van der Waals surface area contributed by atoms with Crippen LogP contribution in [0.3, 0.4) is 0 Å². The highest BCUT2D eigenvalue weighted by molar-refractivity contribution is 7.91. The van der Waals surface area contributed by atoms with E-state index in [1.54, 1.807) is 25.3 Å². The lowest BCUT2D eigenvalue weighted by molar-refractivity contribution is 0.415. The van der Waals surface area contributed by atoms with Gasteiger partial charge in [-0.15, -0.1) is 0 Å². The number of aromatic nitrogens is 1. The van der Waals surface area contributed by atoms with Gasteiger partial charge in [0.2, 0.25) is 9.84 Å². The van der Waals surface area contributed by atoms with E-state index >= 15 is 0 Å². The number of anilines is 2. The predicted octanol–water partition coefficient (Wildman–Crippen LogP) is 5.78. The number of halogens is 1. The predicted molar refractivity (Wildman–Crippen MR) is 120 cm³/mol. The molecule has 3 aromatic carbocycles. The lowest BCUT2D eigenvalue weighted by Gasteiger charge is -2.16. The Morgan fingerprint density at radius 1 is 1.00 bits per heavy atom. The molecular formula is C23H19ClN2O3S. The van der Waals surface area contributed by atoms with Crippen molar-refractivity contribution >= 4 is 43.7 Å². The Bertz CT molecular complexity index is 1340. The molecule has 30 heavy (non-hydrogen) atoms. The molecule has 4 aromatic rings. The Morgan fingerprint density at radius 3 is 2.50 bits per heavy atom. The zero-order valence-corrected chi connectivity index (χ0v) is 18.0. The SMILES string of the molecule is COc1cccc(Nc2c(S(=O)(=O)c3ccc(Cl)cc3)cnc3ccc(C)cc23)c1. The summed E-state index contributed by atoms with van der Waals surface area (Å²) in [6, 6.07) is 19.2. The highest BCUT2D eigenvalue weighted by atomic mass is 35.5. The van der Waals surface area contributed by atoms with Crippen molar-refractivity contribution in [3.8, 4) is 5.75 Å². The van der Waals surface area contributed by atoms with Crippen LogP contribution in [0.2, 0.25) is 5.02 Å². The molecule has 7 heteroatoms. The smallest absolute Gasteiger partial charge is 0.210 e. The number of pyridine rings is 1. The summed E-state index contributed by atoms with van der Waals surface area (Å²) in [7, 11) is -2.26. The first-order chi connectivity index (χ1) is 14.4. The molecule has 1 N–H and O–H groups in total. The highest BCUT2D eigenvalue weighted by Gasteiger charge is 2.24. The van der Waals surface area contributed by atoms with Gasteiger partial charge in [0, 0.05) is 28.4 Å². The van der Waals surface area contributed by atoms with Crippen molar-refractivity contribution in [3.63, 3.8) is 0 Å². The van der Waals surface area contributed by atoms with Gasteiger partial charge in [0.1, 0.15) is 10.6 Å². The summed E-state index contributed by atoms with van der Waals surface area (Å²) >= 11 is 5.94. The van der Waals surface area contributed by atoms with Gasteiger partial charge in [-0.05, 0) is 55.5 Å². The van der Waals surface area contributed by atoms with Gasteiger partial charge in [-0.3, -0.25) is 4.98 Å². The fourth-order valence-corrected chi connectivity index (χ4v) is 4.70. The minimum atomic E-state index is -3.84. The number of rotatable bonds is 5. The molecular weight excluding hydrogens is 420 g/mol. The molecule has 152 valence electrons. The average molecular weight is 439 g/mol. The van der Waals surface area contributed by atoms with Gasteiger partial charge in [-0.2, -0.15) is 0 Å². The van der Waals surface area contributed by atoms with Crippen LogP contribution in [0.15, 0.2) is 82.7 Å². The number of nitrogens with one attached hydrogen (secondary N) is 1. The first kappa shape index (κ1) is 20.2. The molecule has 0 atom stereocenters. The monoisotopic (exact) mass is 438 g/mol. The van der Waals surface area contributed by atoms with E-state index in [2.05, 4.69) is 10.3 Å². The summed E-state index contributed by atoms with van der Waals surface area (Å²) in [5, 5.41) is 4.46. The molecule has 0 bridgehead atoms. The lowest BCUT2D eigenvalue weighted by atomic mass is 10.1. The third kappa shape index (κ3) is 3.84. The average Bonchev–Trinajstić information content (AvgIpc) is 2.74. The molecule has 4 rings (SSSR count). The Hall–Kier alpha value is -3.09. The minimum absolute atomic E-state index is 0.0887. The zero-order valence-electron chi connectivity index (χ0n) is 16.4. The van der Waals surface area contributed by atoms with Crippen LogP contribution in [0.4, 0.5) is 11.4 Å². The Morgan fingerprint density at radius 2 is 1.77 bits per heavy atom. The maximum atomic E-state index is 13.5. The number of hydrogen-bond donors (Lipinski definition) is 1. The summed E-state index contributed by atoms with van der Waals surface area (Å²) in [4.78, 5) is 4.63. The van der Waals surface area contributed by atoms with Crippen LogP contribution < -0.4 is 10.1 Å². The molecule has 0 radical (unpaired) electrons. The quantitative estimate of drug-likeness (QED) is 0.427. The van der Waals surface area contributed by atoms with E-state index in [-0.39, 0.29) is 9.79 Å². The molecule has 0 spiro atoms. The summed E-state index contributed by atoms with van der Waals surface area (Å²) in [5.74, 6) is 0.664. The second-order valence-electron chi connectivity index (χ2n) is 6.83. The van der Waals surface area contributed by atoms with Gasteiger partial charge in [0.05, 0.1) is 23.2 Å². The van der Waals surface area contributed by atoms with Crippen molar-refractivity contribution in [3.05, 3.63) is 83.5 Å². The Labute approximate surface area is 180 Å². The standard InChI is InChI=1S/C23H19ClN2O3S/c1-15-6-11-21-20(12-15)23(26-17-4-3-5-18(13-17)29-2)22(14-25-21)30(27,28)19-9-7-16(24)8-10-19/h3-14H,1-2H3,(H,25,26). The maximum Gasteiger partial charge on any atom is 0.210 e. The van der Waals surface area contributed by atoms with Crippen LogP contribution in [0, 0.1) is 6.92 Å². The molecule has 0 amide bonds. The summed E-state index contributed by atoms with van der Waals surface area (Å²) < 4.78 is 32.2. The number of methoxy groups -OCH3 is 1. The normalized spacial score (nSPS) is 11.4. The molecule has 1 aromatic heterocycles. The molecule has 0 aliphatic rings. The largest absolute Gasteiger partial charge is 0.497 e. The topological polar surface area (TPSA) is 68.3 Å². The van der Waals surface area contributed by atoms with Gasteiger partial charge in [-0.1, -0.05) is 29.3 Å². The van der Waals surface area contributed by atoms with Crippen molar-refractivity contribution in [2.45, 2.75) is 16.7 Å². The van der Waals surface area contributed by atoms with E-state index in [1.165, 1.54) is 18.3 Å². The second kappa shape index (κ2) is 7.97. The first-order valence-electron chi connectivity index (χ1n) is 9.19. The lowest BCUT2D eigenvalue weighted by Crippen LogP contribution is -2.07. The molecule has 5 nitrogen and oxygen atoms in total. The van der Waals surface area contributed by atoms with E-state index in [1.807, 2.05) is 43.3 Å². The van der Waals surface area contributed by atoms with Crippen LogP contribution in [0.25, 0.3) is 10.9 Å². The van der Waals surface area contributed by atoms with Gasteiger partial charge < -0.3 is 10.1 Å². The molecule has 0 saturated carbocycles. The number of nitrogens with zero attached hydrogens (tertiary/aromatic N) is 1. The molecule has 0 saturated heterocycles. The zero-order chi connectivity index (χ0) is 21.3. The fraction of sp³-hybridized carbons (Fsp3) is 0.0870. The number of aryl methyl sites for hydroxylation is 1. The number of hydrogen-bond acceptors (Lipinski definition) is 5.